The van der Waals surface area contributed by atoms with Crippen molar-refractivity contribution in [3.8, 4) is 0 Å². The van der Waals surface area contributed by atoms with Gasteiger partial charge < -0.3 is 9.64 Å². The molecule has 9 heteroatoms. The first-order valence-electron chi connectivity index (χ1n) is 6.47. The van der Waals surface area contributed by atoms with Crippen LogP contribution in [0, 0.1) is 0 Å². The minimum absolute atomic E-state index is 0.0648. The van der Waals surface area contributed by atoms with E-state index < -0.39 is 27.9 Å². The summed E-state index contributed by atoms with van der Waals surface area (Å²) in [5.41, 5.74) is 0.101. The summed E-state index contributed by atoms with van der Waals surface area (Å²) in [4.78, 5) is 25.2. The first kappa shape index (κ1) is 16.7. The molecule has 0 aliphatic carbocycles. The predicted octanol–water partition coefficient (Wildman–Crippen LogP) is 0.765. The van der Waals surface area contributed by atoms with Gasteiger partial charge in [-0.3, -0.25) is 4.79 Å². The van der Waals surface area contributed by atoms with E-state index in [0.29, 0.717) is 19.4 Å². The second-order valence-electron chi connectivity index (χ2n) is 4.87. The van der Waals surface area contributed by atoms with E-state index in [4.69, 9.17) is 16.7 Å². The van der Waals surface area contributed by atoms with Crippen molar-refractivity contribution in [2.45, 2.75) is 23.8 Å². The topological polar surface area (TPSA) is 107 Å². The number of carbonyl (C=O) groups is 2. The predicted molar refractivity (Wildman–Crippen MR) is 78.9 cm³/mol. The van der Waals surface area contributed by atoms with Crippen LogP contribution in [0.4, 0.5) is 0 Å². The Labute approximate surface area is 133 Å². The molecule has 0 saturated carbocycles. The second-order valence-corrected chi connectivity index (χ2v) is 6.81. The van der Waals surface area contributed by atoms with Gasteiger partial charge in [0.25, 0.3) is 5.91 Å². The number of ether oxygens (including phenoxy) is 1. The summed E-state index contributed by atoms with van der Waals surface area (Å²) in [6.45, 7) is 0.395. The average molecular weight is 347 g/mol. The smallest absolute Gasteiger partial charge is 0.328 e. The Bertz CT molecular complexity index is 719. The zero-order valence-corrected chi connectivity index (χ0v) is 13.4. The summed E-state index contributed by atoms with van der Waals surface area (Å²) >= 11 is 5.79. The number of sulfonamides is 1. The molecule has 120 valence electrons. The van der Waals surface area contributed by atoms with Crippen LogP contribution in [0.2, 0.25) is 5.02 Å². The lowest BCUT2D eigenvalue weighted by Crippen LogP contribution is -2.41. The molecule has 0 spiro atoms. The molecule has 1 aliphatic rings. The van der Waals surface area contributed by atoms with E-state index in [1.54, 1.807) is 0 Å². The highest BCUT2D eigenvalue weighted by molar-refractivity contribution is 7.89. The van der Waals surface area contributed by atoms with Crippen LogP contribution in [-0.2, 0) is 19.6 Å². The molecule has 1 aromatic carbocycles. The fourth-order valence-electron chi connectivity index (χ4n) is 2.41. The lowest BCUT2D eigenvalue weighted by Gasteiger charge is -2.22. The van der Waals surface area contributed by atoms with Crippen molar-refractivity contribution in [2.24, 2.45) is 5.14 Å². The van der Waals surface area contributed by atoms with Gasteiger partial charge in [-0.15, -0.1) is 0 Å². The van der Waals surface area contributed by atoms with E-state index in [1.165, 1.54) is 24.1 Å². The van der Waals surface area contributed by atoms with E-state index in [1.807, 2.05) is 0 Å². The van der Waals surface area contributed by atoms with Gasteiger partial charge in [-0.2, -0.15) is 0 Å². The van der Waals surface area contributed by atoms with Gasteiger partial charge in [0, 0.05) is 12.1 Å². The number of primary sulfonamides is 1. The van der Waals surface area contributed by atoms with Crippen LogP contribution in [0.25, 0.3) is 0 Å². The van der Waals surface area contributed by atoms with Crippen LogP contribution in [0.1, 0.15) is 23.2 Å². The summed E-state index contributed by atoms with van der Waals surface area (Å²) in [5, 5.41) is 5.00. The minimum atomic E-state index is -4.04. The third-order valence-corrected chi connectivity index (χ3v) is 4.86. The molecule has 0 aromatic heterocycles. The van der Waals surface area contributed by atoms with Crippen LogP contribution in [-0.4, -0.2) is 44.9 Å². The van der Waals surface area contributed by atoms with Crippen molar-refractivity contribution in [3.05, 3.63) is 28.8 Å². The minimum Gasteiger partial charge on any atom is -0.467 e. The standard InChI is InChI=1S/C13H15ClN2O5S/c1-21-13(18)10-3-2-6-16(10)12(17)8-4-5-9(14)11(7-8)22(15,19)20/h4-5,7,10H,2-3,6H2,1H3,(H2,15,19,20)/t10-/m0/s1. The molecule has 0 unspecified atom stereocenters. The maximum absolute atomic E-state index is 12.5. The highest BCUT2D eigenvalue weighted by Crippen LogP contribution is 2.25. The van der Waals surface area contributed by atoms with E-state index in [-0.39, 0.29) is 15.5 Å². The number of carbonyl (C=O) groups excluding carboxylic acids is 2. The van der Waals surface area contributed by atoms with Crippen molar-refractivity contribution in [3.63, 3.8) is 0 Å². The third kappa shape index (κ3) is 3.23. The molecule has 0 bridgehead atoms. The van der Waals surface area contributed by atoms with Crippen molar-refractivity contribution in [1.82, 2.24) is 4.90 Å². The number of hydrogen-bond donors (Lipinski definition) is 1. The van der Waals surface area contributed by atoms with Gasteiger partial charge in [0.05, 0.1) is 12.1 Å². The number of amides is 1. The van der Waals surface area contributed by atoms with Gasteiger partial charge >= 0.3 is 5.97 Å². The van der Waals surface area contributed by atoms with Crippen molar-refractivity contribution in [1.29, 1.82) is 0 Å². The van der Waals surface area contributed by atoms with Crippen LogP contribution in [0.5, 0.6) is 0 Å². The van der Waals surface area contributed by atoms with Gasteiger partial charge in [-0.05, 0) is 31.0 Å². The zero-order chi connectivity index (χ0) is 16.5. The molecule has 22 heavy (non-hydrogen) atoms. The summed E-state index contributed by atoms with van der Waals surface area (Å²) in [5.74, 6) is -0.957. The maximum atomic E-state index is 12.5. The Balaban J connectivity index is 2.36. The fourth-order valence-corrected chi connectivity index (χ4v) is 3.48. The summed E-state index contributed by atoms with van der Waals surface area (Å²) in [6, 6.07) is 3.14. The first-order chi connectivity index (χ1) is 10.3. The van der Waals surface area contributed by atoms with Crippen LogP contribution < -0.4 is 5.14 Å². The van der Waals surface area contributed by atoms with E-state index >= 15 is 0 Å². The molecule has 1 aliphatic heterocycles. The average Bonchev–Trinajstić information content (AvgIpc) is 2.94. The molecule has 7 nitrogen and oxygen atoms in total. The van der Waals surface area contributed by atoms with Crippen LogP contribution >= 0.6 is 11.6 Å². The van der Waals surface area contributed by atoms with Gasteiger partial charge in [0.2, 0.25) is 10.0 Å². The summed E-state index contributed by atoms with van der Waals surface area (Å²) in [7, 11) is -2.79. The Morgan fingerprint density at radius 3 is 2.68 bits per heavy atom. The van der Waals surface area contributed by atoms with Gasteiger partial charge in [-0.25, -0.2) is 18.4 Å². The lowest BCUT2D eigenvalue weighted by atomic mass is 10.1. The Kier molecular flexibility index (Phi) is 4.74. The molecule has 1 atom stereocenters. The molecule has 1 amide bonds. The molecule has 1 saturated heterocycles. The number of benzene rings is 1. The monoisotopic (exact) mass is 346 g/mol. The first-order valence-corrected chi connectivity index (χ1v) is 8.39. The molecule has 2 N–H and O–H groups in total. The third-order valence-electron chi connectivity index (χ3n) is 3.47. The highest BCUT2D eigenvalue weighted by atomic mass is 35.5. The highest BCUT2D eigenvalue weighted by Gasteiger charge is 2.35. The number of nitrogens with zero attached hydrogens (tertiary/aromatic N) is 1. The number of nitrogens with two attached hydrogens (primary N) is 1. The molecular weight excluding hydrogens is 332 g/mol. The van der Waals surface area contributed by atoms with E-state index in [0.717, 1.165) is 6.07 Å². The second kappa shape index (κ2) is 6.23. The SMILES string of the molecule is COC(=O)[C@@H]1CCCN1C(=O)c1ccc(Cl)c(S(N)(=O)=O)c1. The number of likely N-dealkylation sites (tertiary alicyclic amines) is 1. The quantitative estimate of drug-likeness (QED) is 0.813. The Hall–Kier alpha value is -1.64. The van der Waals surface area contributed by atoms with Crippen LogP contribution in [0.3, 0.4) is 0 Å². The van der Waals surface area contributed by atoms with Crippen LogP contribution in [0.15, 0.2) is 23.1 Å². The van der Waals surface area contributed by atoms with E-state index in [9.17, 15) is 18.0 Å². The number of methoxy groups -OCH3 is 1. The fraction of sp³-hybridized carbons (Fsp3) is 0.385. The van der Waals surface area contributed by atoms with Gasteiger partial charge in [0.1, 0.15) is 10.9 Å². The summed E-state index contributed by atoms with van der Waals surface area (Å²) in [6.07, 6.45) is 1.18. The molecule has 1 aromatic rings. The van der Waals surface area contributed by atoms with Crippen molar-refractivity contribution in [2.75, 3.05) is 13.7 Å². The molecule has 1 fully saturated rings. The Morgan fingerprint density at radius 2 is 2.09 bits per heavy atom. The zero-order valence-electron chi connectivity index (χ0n) is 11.8. The van der Waals surface area contributed by atoms with Gasteiger partial charge in [0.15, 0.2) is 0 Å². The number of halogens is 1. The normalized spacial score (nSPS) is 18.3. The summed E-state index contributed by atoms with van der Waals surface area (Å²) < 4.78 is 27.6. The van der Waals surface area contributed by atoms with Crippen molar-refractivity contribution < 1.29 is 22.7 Å². The molecule has 0 radical (unpaired) electrons. The largest absolute Gasteiger partial charge is 0.467 e. The number of esters is 1. The number of rotatable bonds is 3. The molecular formula is C13H15ClN2O5S. The molecule has 2 rings (SSSR count). The van der Waals surface area contributed by atoms with Crippen molar-refractivity contribution >= 4 is 33.5 Å². The van der Waals surface area contributed by atoms with Gasteiger partial charge in [-0.1, -0.05) is 11.6 Å². The van der Waals surface area contributed by atoms with E-state index in [2.05, 4.69) is 4.74 Å². The lowest BCUT2D eigenvalue weighted by molar-refractivity contribution is -0.145. The molecule has 1 heterocycles. The maximum Gasteiger partial charge on any atom is 0.328 e. The Morgan fingerprint density at radius 1 is 1.41 bits per heavy atom. The number of hydrogen-bond acceptors (Lipinski definition) is 5.